The molecular weight excluding hydrogens is 354 g/mol. The first-order valence-corrected chi connectivity index (χ1v) is 9.87. The summed E-state index contributed by atoms with van der Waals surface area (Å²) in [6.07, 6.45) is 1.72. The fourth-order valence-electron chi connectivity index (χ4n) is 2.91. The summed E-state index contributed by atoms with van der Waals surface area (Å²) in [5.74, 6) is 1.06. The minimum absolute atomic E-state index is 0.103. The molecule has 0 N–H and O–H groups in total. The van der Waals surface area contributed by atoms with Gasteiger partial charge < -0.3 is 4.90 Å². The Labute approximate surface area is 158 Å². The highest BCUT2D eigenvalue weighted by Crippen LogP contribution is 2.18. The average molecular weight is 376 g/mol. The fourth-order valence-corrected chi connectivity index (χ4v) is 3.68. The average Bonchev–Trinajstić information content (AvgIpc) is 2.64. The normalized spacial score (nSPS) is 15.4. The molecule has 6 heteroatoms. The van der Waals surface area contributed by atoms with Gasteiger partial charge in [-0.1, -0.05) is 30.7 Å². The molecule has 132 valence electrons. The number of aromatic nitrogens is 1. The number of hydrogen-bond acceptors (Lipinski definition) is 4. The summed E-state index contributed by atoms with van der Waals surface area (Å²) >= 11 is 7.59. The van der Waals surface area contributed by atoms with Crippen molar-refractivity contribution in [2.24, 2.45) is 0 Å². The quantitative estimate of drug-likeness (QED) is 0.745. The molecule has 2 aromatic rings. The van der Waals surface area contributed by atoms with Crippen molar-refractivity contribution >= 4 is 29.3 Å². The van der Waals surface area contributed by atoms with Gasteiger partial charge in [0.2, 0.25) is 0 Å². The Morgan fingerprint density at radius 2 is 1.88 bits per heavy atom. The van der Waals surface area contributed by atoms with Gasteiger partial charge in [-0.3, -0.25) is 9.69 Å². The molecule has 1 aromatic carbocycles. The molecule has 2 heterocycles. The highest BCUT2D eigenvalue weighted by atomic mass is 35.5. The Morgan fingerprint density at radius 1 is 1.16 bits per heavy atom. The number of thioether (sulfide) groups is 1. The molecule has 0 bridgehead atoms. The number of nitrogens with zero attached hydrogens (tertiary/aromatic N) is 3. The molecule has 25 heavy (non-hydrogen) atoms. The summed E-state index contributed by atoms with van der Waals surface area (Å²) in [4.78, 5) is 21.3. The van der Waals surface area contributed by atoms with Crippen LogP contribution >= 0.6 is 23.4 Å². The van der Waals surface area contributed by atoms with Gasteiger partial charge in [-0.25, -0.2) is 4.98 Å². The van der Waals surface area contributed by atoms with Crippen molar-refractivity contribution in [3.63, 3.8) is 0 Å². The van der Waals surface area contributed by atoms with Crippen molar-refractivity contribution in [2.45, 2.75) is 18.5 Å². The van der Waals surface area contributed by atoms with Crippen molar-refractivity contribution in [3.05, 3.63) is 58.7 Å². The van der Waals surface area contributed by atoms with Crippen LogP contribution in [0.25, 0.3) is 0 Å². The SMILES string of the molecule is CCSc1cc(C(=O)N2CCN(Cc3ccc(Cl)cc3)CC2)ccn1. The van der Waals surface area contributed by atoms with E-state index in [2.05, 4.69) is 28.9 Å². The van der Waals surface area contributed by atoms with Crippen molar-refractivity contribution in [1.29, 1.82) is 0 Å². The molecule has 1 fully saturated rings. The first kappa shape index (κ1) is 18.2. The molecular formula is C19H22ClN3OS. The second kappa shape index (κ2) is 8.70. The van der Waals surface area contributed by atoms with Gasteiger partial charge in [-0.05, 0) is 35.6 Å². The minimum atomic E-state index is 0.103. The predicted molar refractivity (Wildman–Crippen MR) is 103 cm³/mol. The fraction of sp³-hybridized carbons (Fsp3) is 0.368. The van der Waals surface area contributed by atoms with Crippen LogP contribution in [0.2, 0.25) is 5.02 Å². The van der Waals surface area contributed by atoms with E-state index in [4.69, 9.17) is 11.6 Å². The first-order valence-electron chi connectivity index (χ1n) is 8.50. The zero-order chi connectivity index (χ0) is 17.6. The van der Waals surface area contributed by atoms with Gasteiger partial charge in [-0.2, -0.15) is 0 Å². The summed E-state index contributed by atoms with van der Waals surface area (Å²) in [6, 6.07) is 11.7. The van der Waals surface area contributed by atoms with E-state index in [1.54, 1.807) is 18.0 Å². The molecule has 1 amide bonds. The van der Waals surface area contributed by atoms with Gasteiger partial charge in [0.15, 0.2) is 0 Å². The van der Waals surface area contributed by atoms with Gasteiger partial charge in [0, 0.05) is 49.5 Å². The van der Waals surface area contributed by atoms with Gasteiger partial charge in [0.25, 0.3) is 5.91 Å². The number of rotatable bonds is 5. The summed E-state index contributed by atoms with van der Waals surface area (Å²) in [5, 5.41) is 1.67. The Bertz CT molecular complexity index is 715. The smallest absolute Gasteiger partial charge is 0.254 e. The zero-order valence-corrected chi connectivity index (χ0v) is 15.9. The number of hydrogen-bond donors (Lipinski definition) is 0. The highest BCUT2D eigenvalue weighted by Gasteiger charge is 2.22. The van der Waals surface area contributed by atoms with Crippen LogP contribution in [0.15, 0.2) is 47.6 Å². The number of halogens is 1. The van der Waals surface area contributed by atoms with E-state index in [0.717, 1.165) is 54.1 Å². The number of benzene rings is 1. The molecule has 1 saturated heterocycles. The van der Waals surface area contributed by atoms with E-state index in [9.17, 15) is 4.79 Å². The van der Waals surface area contributed by atoms with Crippen molar-refractivity contribution in [2.75, 3.05) is 31.9 Å². The summed E-state index contributed by atoms with van der Waals surface area (Å²) < 4.78 is 0. The predicted octanol–water partition coefficient (Wildman–Crippen LogP) is 3.81. The molecule has 0 atom stereocenters. The summed E-state index contributed by atoms with van der Waals surface area (Å²) in [6.45, 7) is 6.26. The lowest BCUT2D eigenvalue weighted by Gasteiger charge is -2.34. The number of amides is 1. The summed E-state index contributed by atoms with van der Waals surface area (Å²) in [7, 11) is 0. The number of carbonyl (C=O) groups excluding carboxylic acids is 1. The Kier molecular flexibility index (Phi) is 6.34. The maximum absolute atomic E-state index is 12.7. The Balaban J connectivity index is 1.55. The Hall–Kier alpha value is -1.56. The van der Waals surface area contributed by atoms with Gasteiger partial charge in [-0.15, -0.1) is 11.8 Å². The van der Waals surface area contributed by atoms with E-state index < -0.39 is 0 Å². The lowest BCUT2D eigenvalue weighted by Crippen LogP contribution is -2.48. The van der Waals surface area contributed by atoms with Crippen molar-refractivity contribution in [3.8, 4) is 0 Å². The van der Waals surface area contributed by atoms with Crippen molar-refractivity contribution < 1.29 is 4.79 Å². The van der Waals surface area contributed by atoms with Gasteiger partial charge in [0.05, 0.1) is 5.03 Å². The lowest BCUT2D eigenvalue weighted by atomic mass is 10.2. The first-order chi connectivity index (χ1) is 12.2. The van der Waals surface area contributed by atoms with E-state index in [0.29, 0.717) is 0 Å². The highest BCUT2D eigenvalue weighted by molar-refractivity contribution is 7.99. The van der Waals surface area contributed by atoms with Crippen LogP contribution in [0.5, 0.6) is 0 Å². The number of pyridine rings is 1. The van der Waals surface area contributed by atoms with Gasteiger partial charge >= 0.3 is 0 Å². The molecule has 1 aromatic heterocycles. The molecule has 4 nitrogen and oxygen atoms in total. The molecule has 0 unspecified atom stereocenters. The number of carbonyl (C=O) groups is 1. The molecule has 0 saturated carbocycles. The van der Waals surface area contributed by atoms with E-state index in [-0.39, 0.29) is 5.91 Å². The third kappa shape index (κ3) is 4.97. The van der Waals surface area contributed by atoms with E-state index in [1.807, 2.05) is 29.2 Å². The maximum atomic E-state index is 12.7. The molecule has 3 rings (SSSR count). The van der Waals surface area contributed by atoms with Crippen molar-refractivity contribution in [1.82, 2.24) is 14.8 Å². The van der Waals surface area contributed by atoms with Crippen LogP contribution < -0.4 is 0 Å². The Morgan fingerprint density at radius 3 is 2.56 bits per heavy atom. The maximum Gasteiger partial charge on any atom is 0.254 e. The molecule has 1 aliphatic heterocycles. The third-order valence-corrected chi connectivity index (χ3v) is 5.31. The van der Waals surface area contributed by atoms with E-state index >= 15 is 0 Å². The van der Waals surface area contributed by atoms with Crippen LogP contribution in [0.3, 0.4) is 0 Å². The summed E-state index contributed by atoms with van der Waals surface area (Å²) in [5.41, 5.74) is 1.98. The third-order valence-electron chi connectivity index (χ3n) is 4.25. The monoisotopic (exact) mass is 375 g/mol. The van der Waals surface area contributed by atoms with Crippen LogP contribution in [0.1, 0.15) is 22.8 Å². The van der Waals surface area contributed by atoms with Crippen LogP contribution in [-0.2, 0) is 6.54 Å². The van der Waals surface area contributed by atoms with Crippen LogP contribution in [-0.4, -0.2) is 52.6 Å². The molecule has 0 radical (unpaired) electrons. The minimum Gasteiger partial charge on any atom is -0.336 e. The second-order valence-electron chi connectivity index (χ2n) is 6.01. The topological polar surface area (TPSA) is 36.4 Å². The second-order valence-corrected chi connectivity index (χ2v) is 7.73. The zero-order valence-electron chi connectivity index (χ0n) is 14.3. The molecule has 0 aliphatic carbocycles. The largest absolute Gasteiger partial charge is 0.336 e. The molecule has 0 spiro atoms. The van der Waals surface area contributed by atoms with Gasteiger partial charge in [0.1, 0.15) is 0 Å². The lowest BCUT2D eigenvalue weighted by molar-refractivity contribution is 0.0628. The van der Waals surface area contributed by atoms with Crippen LogP contribution in [0.4, 0.5) is 0 Å². The van der Waals surface area contributed by atoms with Crippen LogP contribution in [0, 0.1) is 0 Å². The standard InChI is InChI=1S/C19H22ClN3OS/c1-2-25-18-13-16(7-8-21-18)19(24)23-11-9-22(10-12-23)14-15-3-5-17(20)6-4-15/h3-8,13H,2,9-12,14H2,1H3. The number of piperazine rings is 1. The van der Waals surface area contributed by atoms with E-state index in [1.165, 1.54) is 5.56 Å². The molecule has 1 aliphatic rings.